The topological polar surface area (TPSA) is 62.6 Å². The van der Waals surface area contributed by atoms with E-state index in [2.05, 4.69) is 11.9 Å². The Morgan fingerprint density at radius 1 is 0.571 bits per heavy atom. The van der Waals surface area contributed by atoms with Gasteiger partial charge in [-0.05, 0) is 41.8 Å². The summed E-state index contributed by atoms with van der Waals surface area (Å²) < 4.78 is 5.91. The van der Waals surface area contributed by atoms with Crippen molar-refractivity contribution in [2.24, 2.45) is 0 Å². The highest BCUT2D eigenvalue weighted by Gasteiger charge is 2.05. The minimum atomic E-state index is -0.138. The lowest BCUT2D eigenvalue weighted by atomic mass is 10.0. The van der Waals surface area contributed by atoms with Gasteiger partial charge in [-0.15, -0.1) is 0 Å². The fourth-order valence-electron chi connectivity index (χ4n) is 4.56. The molecular formula is C31H49NO3. The van der Waals surface area contributed by atoms with Crippen molar-refractivity contribution < 1.29 is 14.9 Å². The van der Waals surface area contributed by atoms with Crippen LogP contribution < -0.4 is 4.74 Å². The third-order valence-electron chi connectivity index (χ3n) is 6.71. The first-order chi connectivity index (χ1) is 17.3. The van der Waals surface area contributed by atoms with Gasteiger partial charge >= 0.3 is 0 Å². The number of aromatic nitrogens is 1. The summed E-state index contributed by atoms with van der Waals surface area (Å²) in [5.41, 5.74) is 3.09. The van der Waals surface area contributed by atoms with E-state index in [1.165, 1.54) is 96.3 Å². The zero-order chi connectivity index (χ0) is 25.0. The molecule has 0 aliphatic carbocycles. The molecule has 1 aromatic heterocycles. The molecule has 0 aliphatic heterocycles. The van der Waals surface area contributed by atoms with Crippen molar-refractivity contribution in [2.75, 3.05) is 6.61 Å². The Morgan fingerprint density at radius 2 is 1.00 bits per heavy atom. The van der Waals surface area contributed by atoms with E-state index in [4.69, 9.17) is 4.74 Å². The van der Waals surface area contributed by atoms with Crippen LogP contribution >= 0.6 is 0 Å². The lowest BCUT2D eigenvalue weighted by Gasteiger charge is -2.09. The number of aliphatic hydroxyl groups excluding tert-OH is 2. The Hall–Kier alpha value is -1.91. The molecule has 2 N–H and O–H groups in total. The van der Waals surface area contributed by atoms with Crippen molar-refractivity contribution >= 4 is 0 Å². The van der Waals surface area contributed by atoms with Crippen LogP contribution in [0, 0.1) is 0 Å². The minimum Gasteiger partial charge on any atom is -0.494 e. The molecule has 196 valence electrons. The van der Waals surface area contributed by atoms with Gasteiger partial charge < -0.3 is 14.9 Å². The highest BCUT2D eigenvalue weighted by molar-refractivity contribution is 5.64. The molecule has 0 radical (unpaired) electrons. The molecule has 0 saturated carbocycles. The molecule has 1 aromatic carbocycles. The number of aliphatic hydroxyl groups is 2. The van der Waals surface area contributed by atoms with Gasteiger partial charge in [0.2, 0.25) is 0 Å². The van der Waals surface area contributed by atoms with Gasteiger partial charge in [-0.3, -0.25) is 4.98 Å². The first-order valence-corrected chi connectivity index (χ1v) is 14.2. The first kappa shape index (κ1) is 29.3. The van der Waals surface area contributed by atoms with E-state index in [0.717, 1.165) is 29.9 Å². The third kappa shape index (κ3) is 13.1. The fraction of sp³-hybridized carbons (Fsp3) is 0.645. The van der Waals surface area contributed by atoms with Crippen molar-refractivity contribution in [3.05, 3.63) is 47.8 Å². The van der Waals surface area contributed by atoms with Crippen molar-refractivity contribution in [1.29, 1.82) is 0 Å². The maximum Gasteiger partial charge on any atom is 0.119 e. The van der Waals surface area contributed by atoms with Gasteiger partial charge in [-0.1, -0.05) is 115 Å². The Bertz CT molecular complexity index is 753. The van der Waals surface area contributed by atoms with Gasteiger partial charge in [-0.2, -0.15) is 0 Å². The maximum absolute atomic E-state index is 9.38. The monoisotopic (exact) mass is 483 g/mol. The molecule has 2 aromatic rings. The number of rotatable bonds is 21. The molecule has 35 heavy (non-hydrogen) atoms. The highest BCUT2D eigenvalue weighted by atomic mass is 16.5. The lowest BCUT2D eigenvalue weighted by Crippen LogP contribution is -1.98. The number of ether oxygens (including phenoxy) is 1. The summed E-state index contributed by atoms with van der Waals surface area (Å²) >= 11 is 0. The molecule has 0 spiro atoms. The van der Waals surface area contributed by atoms with Gasteiger partial charge in [0, 0.05) is 0 Å². The van der Waals surface area contributed by atoms with Gasteiger partial charge in [0.15, 0.2) is 0 Å². The minimum absolute atomic E-state index is 0.138. The molecule has 0 unspecified atom stereocenters. The average molecular weight is 484 g/mol. The molecule has 0 aliphatic rings. The van der Waals surface area contributed by atoms with Crippen LogP contribution in [-0.4, -0.2) is 21.8 Å². The van der Waals surface area contributed by atoms with E-state index >= 15 is 0 Å². The zero-order valence-corrected chi connectivity index (χ0v) is 22.1. The predicted octanol–water partition coefficient (Wildman–Crippen LogP) is 8.37. The summed E-state index contributed by atoms with van der Waals surface area (Å²) in [4.78, 5) is 4.20. The lowest BCUT2D eigenvalue weighted by molar-refractivity contribution is 0.265. The van der Waals surface area contributed by atoms with E-state index in [1.807, 2.05) is 36.4 Å². The number of pyridine rings is 1. The molecule has 4 heteroatoms. The number of hydrogen-bond acceptors (Lipinski definition) is 4. The maximum atomic E-state index is 9.38. The third-order valence-corrected chi connectivity index (χ3v) is 6.71. The smallest absolute Gasteiger partial charge is 0.119 e. The van der Waals surface area contributed by atoms with Crippen LogP contribution in [0.3, 0.4) is 0 Å². The first-order valence-electron chi connectivity index (χ1n) is 14.2. The van der Waals surface area contributed by atoms with E-state index in [1.54, 1.807) is 0 Å². The Labute approximate surface area is 214 Å². The Kier molecular flexibility index (Phi) is 16.2. The Balaban J connectivity index is 1.46. The van der Waals surface area contributed by atoms with Crippen LogP contribution in [0.5, 0.6) is 5.75 Å². The zero-order valence-electron chi connectivity index (χ0n) is 22.1. The summed E-state index contributed by atoms with van der Waals surface area (Å²) in [6.45, 7) is 2.77. The summed E-state index contributed by atoms with van der Waals surface area (Å²) in [6, 6.07) is 11.7. The molecule has 1 heterocycles. The van der Waals surface area contributed by atoms with Crippen molar-refractivity contribution in [2.45, 2.75) is 123 Å². The van der Waals surface area contributed by atoms with Crippen LogP contribution in [0.1, 0.15) is 121 Å². The van der Waals surface area contributed by atoms with Crippen LogP contribution in [0.2, 0.25) is 0 Å². The molecule has 0 saturated heterocycles. The summed E-state index contributed by atoms with van der Waals surface area (Å²) in [5, 5.41) is 18.8. The SMILES string of the molecule is CCCCCCCCCCCCCCCCCCOc1ccc(-c2cc(CO)nc(CO)c2)cc1. The normalized spacial score (nSPS) is 11.2. The van der Waals surface area contributed by atoms with Crippen molar-refractivity contribution in [3.63, 3.8) is 0 Å². The molecule has 0 fully saturated rings. The highest BCUT2D eigenvalue weighted by Crippen LogP contribution is 2.24. The summed E-state index contributed by atoms with van der Waals surface area (Å²) in [7, 11) is 0. The predicted molar refractivity (Wildman–Crippen MR) is 147 cm³/mol. The van der Waals surface area contributed by atoms with Gasteiger partial charge in [0.05, 0.1) is 31.2 Å². The number of benzene rings is 1. The largest absolute Gasteiger partial charge is 0.494 e. The second-order valence-corrected chi connectivity index (χ2v) is 9.83. The van der Waals surface area contributed by atoms with Crippen molar-refractivity contribution in [3.8, 4) is 16.9 Å². The van der Waals surface area contributed by atoms with E-state index in [0.29, 0.717) is 11.4 Å². The van der Waals surface area contributed by atoms with Crippen LogP contribution in [0.15, 0.2) is 36.4 Å². The van der Waals surface area contributed by atoms with Gasteiger partial charge in [-0.25, -0.2) is 0 Å². The number of unbranched alkanes of at least 4 members (excludes halogenated alkanes) is 15. The summed E-state index contributed by atoms with van der Waals surface area (Å²) in [6.07, 6.45) is 22.0. The van der Waals surface area contributed by atoms with E-state index < -0.39 is 0 Å². The van der Waals surface area contributed by atoms with Crippen LogP contribution in [-0.2, 0) is 13.2 Å². The average Bonchev–Trinajstić information content (AvgIpc) is 2.90. The molecule has 4 nitrogen and oxygen atoms in total. The number of nitrogens with zero attached hydrogens (tertiary/aromatic N) is 1. The molecule has 2 rings (SSSR count). The van der Waals surface area contributed by atoms with Gasteiger partial charge in [0.25, 0.3) is 0 Å². The number of hydrogen-bond donors (Lipinski definition) is 2. The molecule has 0 atom stereocenters. The standard InChI is InChI=1S/C31H49NO3/c1-2-3-4-5-6-7-8-9-10-11-12-13-14-15-16-17-22-35-31-20-18-27(19-21-31)28-23-29(25-33)32-30(24-28)26-34/h18-21,23-24,33-34H,2-17,22,25-26H2,1H3. The quantitative estimate of drug-likeness (QED) is 0.175. The summed E-state index contributed by atoms with van der Waals surface area (Å²) in [5.74, 6) is 0.883. The van der Waals surface area contributed by atoms with Gasteiger partial charge in [0.1, 0.15) is 5.75 Å². The molecule has 0 amide bonds. The van der Waals surface area contributed by atoms with E-state index in [-0.39, 0.29) is 13.2 Å². The second kappa shape index (κ2) is 19.3. The second-order valence-electron chi connectivity index (χ2n) is 9.83. The van der Waals surface area contributed by atoms with Crippen LogP contribution in [0.4, 0.5) is 0 Å². The van der Waals surface area contributed by atoms with Crippen molar-refractivity contribution in [1.82, 2.24) is 4.98 Å². The Morgan fingerprint density at radius 3 is 1.43 bits per heavy atom. The van der Waals surface area contributed by atoms with E-state index in [9.17, 15) is 10.2 Å². The van der Waals surface area contributed by atoms with Crippen LogP contribution in [0.25, 0.3) is 11.1 Å². The fourth-order valence-corrected chi connectivity index (χ4v) is 4.56. The molecule has 0 bridgehead atoms. The molecular weight excluding hydrogens is 434 g/mol.